The summed E-state index contributed by atoms with van der Waals surface area (Å²) in [6.07, 6.45) is 0. The highest BCUT2D eigenvalue weighted by Gasteiger charge is 2.45. The van der Waals surface area contributed by atoms with Crippen LogP contribution in [0.4, 0.5) is 13.2 Å². The second-order valence-electron chi connectivity index (χ2n) is 0.995. The molecule has 0 spiro atoms. The summed E-state index contributed by atoms with van der Waals surface area (Å²) in [5, 5.41) is 0. The van der Waals surface area contributed by atoms with Crippen molar-refractivity contribution in [3.8, 4) is 0 Å². The standard InChI is InChI=1S/CF3NO2S2/c2-1(3,4)9(6,7)5-8. The summed E-state index contributed by atoms with van der Waals surface area (Å²) in [6.45, 7) is 0. The third-order valence-electron chi connectivity index (χ3n) is 0.391. The van der Waals surface area contributed by atoms with E-state index in [9.17, 15) is 21.6 Å². The maximum atomic E-state index is 11.1. The van der Waals surface area contributed by atoms with Crippen molar-refractivity contribution in [2.45, 2.75) is 5.51 Å². The van der Waals surface area contributed by atoms with Gasteiger partial charge in [0.05, 0.1) is 12.4 Å². The van der Waals surface area contributed by atoms with Crippen LogP contribution >= 0.6 is 0 Å². The van der Waals surface area contributed by atoms with E-state index in [1.807, 2.05) is 0 Å². The van der Waals surface area contributed by atoms with Crippen LogP contribution in [-0.2, 0) is 22.4 Å². The van der Waals surface area contributed by atoms with E-state index in [4.69, 9.17) is 0 Å². The first-order valence-corrected chi connectivity index (χ1v) is 3.27. The predicted molar refractivity (Wildman–Crippen MR) is 24.8 cm³/mol. The summed E-state index contributed by atoms with van der Waals surface area (Å²) in [6, 6.07) is 0. The molecule has 0 aliphatic heterocycles. The molecule has 0 fully saturated rings. The average molecular weight is 179 g/mol. The predicted octanol–water partition coefficient (Wildman–Crippen LogP) is 0.567. The Morgan fingerprint density at radius 1 is 1.33 bits per heavy atom. The van der Waals surface area contributed by atoms with Crippen molar-refractivity contribution in [3.05, 3.63) is 0 Å². The maximum absolute atomic E-state index is 11.1. The second-order valence-corrected chi connectivity index (χ2v) is 3.00. The minimum Gasteiger partial charge on any atom is -0.194 e. The van der Waals surface area contributed by atoms with Crippen LogP contribution < -0.4 is 0 Å². The quantitative estimate of drug-likeness (QED) is 0.591. The molecule has 0 rings (SSSR count). The molecule has 0 aliphatic carbocycles. The average Bonchev–Trinajstić information content (AvgIpc) is 1.64. The second kappa shape index (κ2) is 2.18. The minimum atomic E-state index is -5.40. The van der Waals surface area contributed by atoms with Crippen molar-refractivity contribution in [1.29, 1.82) is 0 Å². The molecule has 0 N–H and O–H groups in total. The summed E-state index contributed by atoms with van der Waals surface area (Å²) in [7, 11) is -5.40. The van der Waals surface area contributed by atoms with Crippen LogP contribution in [0.2, 0.25) is 0 Å². The Hall–Kier alpha value is -0.240. The summed E-state index contributed by atoms with van der Waals surface area (Å²) in [5.74, 6) is 0. The molecule has 0 heterocycles. The highest BCUT2D eigenvalue weighted by Crippen LogP contribution is 2.23. The van der Waals surface area contributed by atoms with E-state index < -0.39 is 15.5 Å². The van der Waals surface area contributed by atoms with Gasteiger partial charge in [-0.1, -0.05) is 3.77 Å². The number of alkyl halides is 3. The molecule has 8 heteroatoms. The van der Waals surface area contributed by atoms with Crippen molar-refractivity contribution < 1.29 is 21.6 Å². The number of hydrogen-bond acceptors (Lipinski definition) is 3. The van der Waals surface area contributed by atoms with E-state index in [1.54, 1.807) is 3.77 Å². The largest absolute Gasteiger partial charge is 0.519 e. The van der Waals surface area contributed by atoms with E-state index in [-0.39, 0.29) is 0 Å². The Bertz CT molecular complexity index is 202. The van der Waals surface area contributed by atoms with Crippen molar-refractivity contribution in [2.75, 3.05) is 0 Å². The van der Waals surface area contributed by atoms with Gasteiger partial charge in [0, 0.05) is 0 Å². The van der Waals surface area contributed by atoms with Gasteiger partial charge in [-0.3, -0.25) is 0 Å². The van der Waals surface area contributed by atoms with Gasteiger partial charge in [-0.15, -0.1) is 0 Å². The van der Waals surface area contributed by atoms with Crippen LogP contribution in [0.5, 0.6) is 0 Å². The number of sulfonamides is 1. The van der Waals surface area contributed by atoms with Crippen LogP contribution in [0.1, 0.15) is 0 Å². The Labute approximate surface area is 54.1 Å². The Balaban J connectivity index is 4.79. The minimum absolute atomic E-state index is 1.72. The summed E-state index contributed by atoms with van der Waals surface area (Å²) in [5.41, 5.74) is -5.35. The fourth-order valence-electron chi connectivity index (χ4n) is 0.0423. The fourth-order valence-corrected chi connectivity index (χ4v) is 0.380. The number of hydrogen-bond donors (Lipinski definition) is 0. The van der Waals surface area contributed by atoms with Gasteiger partial charge in [-0.2, -0.15) is 21.6 Å². The molecule has 0 atom stereocenters. The first kappa shape index (κ1) is 8.76. The molecule has 0 aromatic rings. The van der Waals surface area contributed by atoms with E-state index in [0.29, 0.717) is 0 Å². The lowest BCUT2D eigenvalue weighted by molar-refractivity contribution is -0.0434. The zero-order valence-electron chi connectivity index (χ0n) is 3.71. The maximum Gasteiger partial charge on any atom is 0.519 e. The highest BCUT2D eigenvalue weighted by atomic mass is 32.2. The van der Waals surface area contributed by atoms with Gasteiger partial charge < -0.3 is 0 Å². The third-order valence-corrected chi connectivity index (χ3v) is 1.76. The van der Waals surface area contributed by atoms with Gasteiger partial charge in [-0.05, 0) is 0 Å². The SMILES string of the molecule is O=S(=O)(N=S)C(F)(F)F. The van der Waals surface area contributed by atoms with Gasteiger partial charge in [0.15, 0.2) is 0 Å². The highest BCUT2D eigenvalue weighted by molar-refractivity contribution is 7.93. The normalized spacial score (nSPS) is 13.2. The molecule has 0 amide bonds. The summed E-state index contributed by atoms with van der Waals surface area (Å²) < 4.78 is 54.2. The number of rotatable bonds is 1. The number of nitrogens with zero attached hydrogens (tertiary/aromatic N) is 1. The number of halogens is 3. The molecule has 0 saturated carbocycles. The zero-order valence-corrected chi connectivity index (χ0v) is 5.35. The first-order chi connectivity index (χ1) is 3.81. The molecule has 54 valence electrons. The van der Waals surface area contributed by atoms with E-state index in [2.05, 4.69) is 12.4 Å². The van der Waals surface area contributed by atoms with Crippen molar-refractivity contribution >= 4 is 22.4 Å². The van der Waals surface area contributed by atoms with E-state index in [1.165, 1.54) is 0 Å². The summed E-state index contributed by atoms with van der Waals surface area (Å²) >= 11 is 3.35. The molecule has 9 heavy (non-hydrogen) atoms. The van der Waals surface area contributed by atoms with Crippen molar-refractivity contribution in [3.63, 3.8) is 0 Å². The molecular weight excluding hydrogens is 179 g/mol. The molecule has 0 aromatic heterocycles. The monoisotopic (exact) mass is 179 g/mol. The third kappa shape index (κ3) is 1.86. The van der Waals surface area contributed by atoms with E-state index in [0.717, 1.165) is 0 Å². The van der Waals surface area contributed by atoms with Crippen LogP contribution in [0.3, 0.4) is 0 Å². The summed E-state index contributed by atoms with van der Waals surface area (Å²) in [4.78, 5) is 0. The van der Waals surface area contributed by atoms with Crippen LogP contribution in [0, 0.1) is 0 Å². The smallest absolute Gasteiger partial charge is 0.194 e. The molecule has 0 unspecified atom stereocenters. The molecule has 0 aromatic carbocycles. The topological polar surface area (TPSA) is 46.5 Å². The lowest BCUT2D eigenvalue weighted by Crippen LogP contribution is -2.19. The van der Waals surface area contributed by atoms with Gasteiger partial charge in [0.1, 0.15) is 0 Å². The molecule has 0 aliphatic rings. The van der Waals surface area contributed by atoms with Crippen molar-refractivity contribution in [1.82, 2.24) is 0 Å². The van der Waals surface area contributed by atoms with Crippen LogP contribution in [0.25, 0.3) is 0 Å². The van der Waals surface area contributed by atoms with Gasteiger partial charge >= 0.3 is 15.5 Å². The molecule has 0 radical (unpaired) electrons. The Morgan fingerprint density at radius 3 is 1.67 bits per heavy atom. The fraction of sp³-hybridized carbons (Fsp3) is 1.00. The van der Waals surface area contributed by atoms with E-state index >= 15 is 0 Å². The Morgan fingerprint density at radius 2 is 1.67 bits per heavy atom. The Kier molecular flexibility index (Phi) is 2.12. The zero-order chi connectivity index (χ0) is 7.71. The van der Waals surface area contributed by atoms with Crippen LogP contribution in [0.15, 0.2) is 3.77 Å². The first-order valence-electron chi connectivity index (χ1n) is 1.47. The van der Waals surface area contributed by atoms with Gasteiger partial charge in [0.2, 0.25) is 0 Å². The molecular formula is CF3NO2S2. The molecule has 3 nitrogen and oxygen atoms in total. The molecule has 0 bridgehead atoms. The lowest BCUT2D eigenvalue weighted by Gasteiger charge is -1.98. The van der Waals surface area contributed by atoms with Gasteiger partial charge in [0.25, 0.3) is 0 Å². The lowest BCUT2D eigenvalue weighted by atomic mass is 11.6. The molecule has 0 saturated heterocycles. The van der Waals surface area contributed by atoms with Crippen molar-refractivity contribution in [2.24, 2.45) is 3.77 Å². The van der Waals surface area contributed by atoms with Crippen LogP contribution in [-0.4, -0.2) is 13.9 Å². The van der Waals surface area contributed by atoms with Gasteiger partial charge in [-0.25, -0.2) is 0 Å².